The maximum atomic E-state index is 12.9. The molecule has 1 spiro atoms. The molecule has 3 saturated heterocycles. The van der Waals surface area contributed by atoms with Crippen LogP contribution in [0.2, 0.25) is 0 Å². The molecule has 3 aliphatic heterocycles. The Morgan fingerprint density at radius 2 is 1.83 bits per heavy atom. The number of hydrogen-bond donors (Lipinski definition) is 0. The van der Waals surface area contributed by atoms with E-state index in [0.29, 0.717) is 6.54 Å². The molecular formula is C18H31N3O3. The second-order valence-corrected chi connectivity index (χ2v) is 8.83. The van der Waals surface area contributed by atoms with Gasteiger partial charge in [-0.1, -0.05) is 0 Å². The monoisotopic (exact) mass is 337 g/mol. The number of ether oxygens (including phenoxy) is 1. The number of likely N-dealkylation sites (tertiary alicyclic amines) is 3. The number of amides is 2. The molecule has 24 heavy (non-hydrogen) atoms. The number of carbonyl (C=O) groups is 2. The van der Waals surface area contributed by atoms with Crippen LogP contribution in [-0.2, 0) is 9.53 Å². The van der Waals surface area contributed by atoms with Gasteiger partial charge in [-0.2, -0.15) is 0 Å². The molecule has 0 aliphatic carbocycles. The highest BCUT2D eigenvalue weighted by molar-refractivity contribution is 5.87. The Bertz CT molecular complexity index is 516. The fourth-order valence-corrected chi connectivity index (χ4v) is 4.30. The van der Waals surface area contributed by atoms with E-state index in [4.69, 9.17) is 4.74 Å². The lowest BCUT2D eigenvalue weighted by molar-refractivity contribution is -0.140. The van der Waals surface area contributed by atoms with Gasteiger partial charge in [0.25, 0.3) is 0 Å². The van der Waals surface area contributed by atoms with Gasteiger partial charge in [-0.3, -0.25) is 9.69 Å². The highest BCUT2D eigenvalue weighted by Gasteiger charge is 2.47. The van der Waals surface area contributed by atoms with Crippen LogP contribution in [-0.4, -0.2) is 78.1 Å². The van der Waals surface area contributed by atoms with Gasteiger partial charge in [0.05, 0.1) is 0 Å². The molecule has 0 aromatic carbocycles. The van der Waals surface area contributed by atoms with Crippen LogP contribution in [0.4, 0.5) is 4.79 Å². The lowest BCUT2D eigenvalue weighted by atomic mass is 9.79. The summed E-state index contributed by atoms with van der Waals surface area (Å²) in [6.07, 6.45) is 3.90. The van der Waals surface area contributed by atoms with Gasteiger partial charge in [0, 0.05) is 31.6 Å². The molecule has 136 valence electrons. The Kier molecular flexibility index (Phi) is 4.53. The number of carbonyl (C=O) groups excluding carboxylic acids is 2. The van der Waals surface area contributed by atoms with E-state index in [2.05, 4.69) is 11.9 Å². The van der Waals surface area contributed by atoms with E-state index in [1.54, 1.807) is 4.90 Å². The molecule has 2 atom stereocenters. The first kappa shape index (κ1) is 17.5. The van der Waals surface area contributed by atoms with Crippen LogP contribution in [0.1, 0.15) is 46.5 Å². The van der Waals surface area contributed by atoms with Crippen molar-refractivity contribution in [3.8, 4) is 0 Å². The molecule has 0 aromatic rings. The predicted octanol–water partition coefficient (Wildman–Crippen LogP) is 1.94. The van der Waals surface area contributed by atoms with Gasteiger partial charge < -0.3 is 14.5 Å². The third-order valence-electron chi connectivity index (χ3n) is 5.53. The summed E-state index contributed by atoms with van der Waals surface area (Å²) in [5, 5.41) is 0. The first-order chi connectivity index (χ1) is 11.2. The third-order valence-corrected chi connectivity index (χ3v) is 5.53. The summed E-state index contributed by atoms with van der Waals surface area (Å²) in [4.78, 5) is 31.1. The Labute approximate surface area is 145 Å². The highest BCUT2D eigenvalue weighted by Crippen LogP contribution is 2.39. The van der Waals surface area contributed by atoms with Crippen LogP contribution in [0.15, 0.2) is 0 Å². The van der Waals surface area contributed by atoms with Gasteiger partial charge in [-0.25, -0.2) is 4.79 Å². The second-order valence-electron chi connectivity index (χ2n) is 8.83. The average molecular weight is 337 g/mol. The fourth-order valence-electron chi connectivity index (χ4n) is 4.30. The normalized spacial score (nSPS) is 31.2. The number of piperidine rings is 1. The molecule has 3 fully saturated rings. The zero-order valence-electron chi connectivity index (χ0n) is 15.5. The van der Waals surface area contributed by atoms with E-state index in [1.165, 1.54) is 12.8 Å². The van der Waals surface area contributed by atoms with Crippen LogP contribution >= 0.6 is 0 Å². The number of hydrogen-bond acceptors (Lipinski definition) is 4. The smallest absolute Gasteiger partial charge is 0.410 e. The molecule has 3 aliphatic rings. The third kappa shape index (κ3) is 3.53. The number of rotatable bonds is 1. The Balaban J connectivity index is 1.58. The summed E-state index contributed by atoms with van der Waals surface area (Å²) in [6, 6.07) is -0.323. The van der Waals surface area contributed by atoms with Crippen LogP contribution < -0.4 is 0 Å². The molecule has 0 saturated carbocycles. The molecule has 3 rings (SSSR count). The van der Waals surface area contributed by atoms with Gasteiger partial charge in [0.1, 0.15) is 11.6 Å². The lowest BCUT2D eigenvalue weighted by Gasteiger charge is -2.42. The second kappa shape index (κ2) is 6.21. The zero-order chi connectivity index (χ0) is 17.5. The van der Waals surface area contributed by atoms with Gasteiger partial charge in [0.15, 0.2) is 0 Å². The maximum absolute atomic E-state index is 12.9. The van der Waals surface area contributed by atoms with Crippen molar-refractivity contribution in [3.05, 3.63) is 0 Å². The minimum atomic E-state index is -0.523. The summed E-state index contributed by atoms with van der Waals surface area (Å²) < 4.78 is 5.42. The predicted molar refractivity (Wildman–Crippen MR) is 91.7 cm³/mol. The van der Waals surface area contributed by atoms with Crippen molar-refractivity contribution in [3.63, 3.8) is 0 Å². The average Bonchev–Trinajstić information content (AvgIpc) is 2.78. The summed E-state index contributed by atoms with van der Waals surface area (Å²) in [7, 11) is 2.17. The molecule has 0 unspecified atom stereocenters. The van der Waals surface area contributed by atoms with E-state index < -0.39 is 5.60 Å². The van der Waals surface area contributed by atoms with E-state index in [1.807, 2.05) is 25.7 Å². The molecule has 0 bridgehead atoms. The van der Waals surface area contributed by atoms with E-state index in [9.17, 15) is 9.59 Å². The zero-order valence-corrected chi connectivity index (χ0v) is 15.5. The van der Waals surface area contributed by atoms with E-state index in [-0.39, 0.29) is 23.5 Å². The molecule has 0 radical (unpaired) electrons. The summed E-state index contributed by atoms with van der Waals surface area (Å²) in [5.74, 6) is 0.109. The van der Waals surface area contributed by atoms with E-state index in [0.717, 1.165) is 39.0 Å². The summed E-state index contributed by atoms with van der Waals surface area (Å²) in [6.45, 7) is 10.1. The van der Waals surface area contributed by atoms with Crippen molar-refractivity contribution in [2.75, 3.05) is 39.8 Å². The standard InChI is InChI=1S/C18H31N3O3/c1-17(2,3)24-16(23)21-10-6-14(21)15(22)20-11-8-18(13-20)7-5-9-19(4)12-18/h14H,5-13H2,1-4H3/t14-,18-/m1/s1. The quantitative estimate of drug-likeness (QED) is 0.734. The highest BCUT2D eigenvalue weighted by atomic mass is 16.6. The van der Waals surface area contributed by atoms with Crippen molar-refractivity contribution < 1.29 is 14.3 Å². The first-order valence-corrected chi connectivity index (χ1v) is 9.16. The van der Waals surface area contributed by atoms with Gasteiger partial charge >= 0.3 is 6.09 Å². The van der Waals surface area contributed by atoms with Crippen molar-refractivity contribution in [2.24, 2.45) is 5.41 Å². The molecule has 0 N–H and O–H groups in total. The fraction of sp³-hybridized carbons (Fsp3) is 0.889. The molecular weight excluding hydrogens is 306 g/mol. The van der Waals surface area contributed by atoms with Crippen molar-refractivity contribution in [1.82, 2.24) is 14.7 Å². The van der Waals surface area contributed by atoms with Gasteiger partial charge in [0.2, 0.25) is 5.91 Å². The molecule has 6 nitrogen and oxygen atoms in total. The van der Waals surface area contributed by atoms with Gasteiger partial charge in [-0.05, 0) is 60.0 Å². The van der Waals surface area contributed by atoms with Crippen LogP contribution in [0.3, 0.4) is 0 Å². The lowest BCUT2D eigenvalue weighted by Crippen LogP contribution is -2.59. The van der Waals surface area contributed by atoms with Crippen LogP contribution in [0.25, 0.3) is 0 Å². The molecule has 0 aromatic heterocycles. The summed E-state index contributed by atoms with van der Waals surface area (Å²) in [5.41, 5.74) is -0.256. The van der Waals surface area contributed by atoms with Crippen molar-refractivity contribution in [2.45, 2.75) is 58.1 Å². The topological polar surface area (TPSA) is 53.1 Å². The van der Waals surface area contributed by atoms with Crippen molar-refractivity contribution in [1.29, 1.82) is 0 Å². The minimum Gasteiger partial charge on any atom is -0.444 e. The minimum absolute atomic E-state index is 0.109. The summed E-state index contributed by atoms with van der Waals surface area (Å²) >= 11 is 0. The first-order valence-electron chi connectivity index (χ1n) is 9.16. The molecule has 3 heterocycles. The Hall–Kier alpha value is -1.30. The molecule has 6 heteroatoms. The largest absolute Gasteiger partial charge is 0.444 e. The van der Waals surface area contributed by atoms with Crippen LogP contribution in [0.5, 0.6) is 0 Å². The Morgan fingerprint density at radius 3 is 2.42 bits per heavy atom. The number of nitrogens with zero attached hydrogens (tertiary/aromatic N) is 3. The van der Waals surface area contributed by atoms with Gasteiger partial charge in [-0.15, -0.1) is 0 Å². The van der Waals surface area contributed by atoms with E-state index >= 15 is 0 Å². The maximum Gasteiger partial charge on any atom is 0.410 e. The van der Waals surface area contributed by atoms with Crippen LogP contribution in [0, 0.1) is 5.41 Å². The SMILES string of the molecule is CN1CCC[C@@]2(CCN(C(=O)[C@H]3CCN3C(=O)OC(C)(C)C)C2)C1. The van der Waals surface area contributed by atoms with Crippen molar-refractivity contribution >= 4 is 12.0 Å². The Morgan fingerprint density at radius 1 is 1.08 bits per heavy atom. The molecule has 2 amide bonds.